The van der Waals surface area contributed by atoms with Gasteiger partial charge in [0.05, 0.1) is 0 Å². The lowest BCUT2D eigenvalue weighted by atomic mass is 9.81. The van der Waals surface area contributed by atoms with Crippen molar-refractivity contribution >= 4 is 0 Å². The zero-order valence-electron chi connectivity index (χ0n) is 6.97. The monoisotopic (exact) mass is 141 g/mol. The van der Waals surface area contributed by atoms with Crippen LogP contribution < -0.4 is 5.73 Å². The fourth-order valence-electron chi connectivity index (χ4n) is 1.51. The van der Waals surface area contributed by atoms with Crippen LogP contribution in [-0.2, 0) is 0 Å². The van der Waals surface area contributed by atoms with E-state index in [2.05, 4.69) is 6.92 Å². The van der Waals surface area contributed by atoms with E-state index in [0.717, 1.165) is 5.92 Å². The Morgan fingerprint density at radius 1 is 1.50 bits per heavy atom. The molecule has 0 radical (unpaired) electrons. The summed E-state index contributed by atoms with van der Waals surface area (Å²) in [5.74, 6) is 1.07. The smallest absolute Gasteiger partial charge is 0.00104 e. The highest BCUT2D eigenvalue weighted by molar-refractivity contribution is 4.69. The number of nitrogens with two attached hydrogens (primary N) is 1. The predicted octanol–water partition coefficient (Wildman–Crippen LogP) is 2.30. The van der Waals surface area contributed by atoms with E-state index in [1.54, 1.807) is 0 Å². The summed E-state index contributed by atoms with van der Waals surface area (Å²) in [7, 11) is 0. The van der Waals surface area contributed by atoms with Crippen LogP contribution in [-0.4, -0.2) is 6.04 Å². The summed E-state index contributed by atoms with van der Waals surface area (Å²) in [6.45, 7) is 2.10. The van der Waals surface area contributed by atoms with Crippen LogP contribution in [0, 0.1) is 5.92 Å². The molecule has 1 rings (SSSR count). The van der Waals surface area contributed by atoms with Gasteiger partial charge in [0.2, 0.25) is 0 Å². The lowest BCUT2D eigenvalue weighted by Gasteiger charge is -2.25. The minimum Gasteiger partial charge on any atom is -0.328 e. The summed E-state index contributed by atoms with van der Waals surface area (Å²) in [4.78, 5) is 0. The van der Waals surface area contributed by atoms with E-state index >= 15 is 0 Å². The maximum Gasteiger partial charge on any atom is 0.00104 e. The van der Waals surface area contributed by atoms with Gasteiger partial charge in [-0.05, 0) is 19.3 Å². The Balaban J connectivity index is 1.85. The molecule has 1 saturated carbocycles. The Morgan fingerprint density at radius 2 is 2.20 bits per heavy atom. The highest BCUT2D eigenvalue weighted by atomic mass is 14.6. The first kappa shape index (κ1) is 8.06. The van der Waals surface area contributed by atoms with Gasteiger partial charge in [0.1, 0.15) is 0 Å². The molecule has 1 unspecified atom stereocenters. The van der Waals surface area contributed by atoms with E-state index in [0.29, 0.717) is 6.04 Å². The lowest BCUT2D eigenvalue weighted by Crippen LogP contribution is -2.16. The molecule has 1 heteroatoms. The maximum atomic E-state index is 5.64. The van der Waals surface area contributed by atoms with E-state index in [1.807, 2.05) is 0 Å². The van der Waals surface area contributed by atoms with E-state index in [-0.39, 0.29) is 0 Å². The maximum absolute atomic E-state index is 5.64. The van der Waals surface area contributed by atoms with Crippen molar-refractivity contribution in [2.45, 2.75) is 51.5 Å². The average molecular weight is 141 g/mol. The molecule has 1 aliphatic rings. The fourth-order valence-corrected chi connectivity index (χ4v) is 1.51. The Labute approximate surface area is 64.0 Å². The van der Waals surface area contributed by atoms with Crippen molar-refractivity contribution in [2.24, 2.45) is 11.7 Å². The molecule has 0 heterocycles. The molecule has 10 heavy (non-hydrogen) atoms. The number of rotatable bonds is 4. The Morgan fingerprint density at radius 3 is 2.60 bits per heavy atom. The summed E-state index contributed by atoms with van der Waals surface area (Å²) in [5, 5.41) is 0. The molecular formula is C9H19N. The van der Waals surface area contributed by atoms with Crippen LogP contribution in [0.4, 0.5) is 0 Å². The molecule has 1 atom stereocenters. The molecule has 1 aliphatic carbocycles. The van der Waals surface area contributed by atoms with Crippen molar-refractivity contribution in [2.75, 3.05) is 0 Å². The lowest BCUT2D eigenvalue weighted by molar-refractivity contribution is 0.285. The van der Waals surface area contributed by atoms with Gasteiger partial charge in [0.15, 0.2) is 0 Å². The van der Waals surface area contributed by atoms with E-state index in [1.165, 1.54) is 38.5 Å². The molecule has 1 fully saturated rings. The third-order valence-electron chi connectivity index (χ3n) is 2.50. The molecule has 0 aromatic heterocycles. The summed E-state index contributed by atoms with van der Waals surface area (Å²) < 4.78 is 0. The third-order valence-corrected chi connectivity index (χ3v) is 2.50. The molecule has 0 saturated heterocycles. The van der Waals surface area contributed by atoms with Crippen molar-refractivity contribution in [1.82, 2.24) is 0 Å². The molecule has 0 aromatic rings. The van der Waals surface area contributed by atoms with E-state index in [4.69, 9.17) is 5.73 Å². The highest BCUT2D eigenvalue weighted by Crippen LogP contribution is 2.30. The van der Waals surface area contributed by atoms with Gasteiger partial charge in [-0.15, -0.1) is 0 Å². The van der Waals surface area contributed by atoms with Crippen LogP contribution in [0.5, 0.6) is 0 Å². The normalized spacial score (nSPS) is 22.2. The van der Waals surface area contributed by atoms with Crippen LogP contribution >= 0.6 is 0 Å². The van der Waals surface area contributed by atoms with Crippen molar-refractivity contribution in [3.05, 3.63) is 0 Å². The molecule has 0 amide bonds. The predicted molar refractivity (Wildman–Crippen MR) is 44.8 cm³/mol. The quantitative estimate of drug-likeness (QED) is 0.638. The highest BCUT2D eigenvalue weighted by Gasteiger charge is 2.16. The van der Waals surface area contributed by atoms with Gasteiger partial charge in [-0.25, -0.2) is 0 Å². The Kier molecular flexibility index (Phi) is 3.20. The molecule has 1 nitrogen and oxygen atoms in total. The van der Waals surface area contributed by atoms with Gasteiger partial charge in [-0.3, -0.25) is 0 Å². The standard InChI is InChI=1S/C9H19N/c1-8(10)4-2-5-9-6-3-7-9/h8-9H,2-7,10H2,1H3. The summed E-state index contributed by atoms with van der Waals surface area (Å²) >= 11 is 0. The Hall–Kier alpha value is -0.0400. The van der Waals surface area contributed by atoms with Crippen LogP contribution in [0.25, 0.3) is 0 Å². The van der Waals surface area contributed by atoms with Crippen molar-refractivity contribution in [1.29, 1.82) is 0 Å². The molecule has 0 aromatic carbocycles. The summed E-state index contributed by atoms with van der Waals surface area (Å²) in [6.07, 6.45) is 8.45. The van der Waals surface area contributed by atoms with Crippen LogP contribution in [0.3, 0.4) is 0 Å². The minimum atomic E-state index is 0.417. The topological polar surface area (TPSA) is 26.0 Å². The summed E-state index contributed by atoms with van der Waals surface area (Å²) in [5.41, 5.74) is 5.64. The van der Waals surface area contributed by atoms with Crippen molar-refractivity contribution in [3.63, 3.8) is 0 Å². The van der Waals surface area contributed by atoms with E-state index in [9.17, 15) is 0 Å². The molecule has 0 bridgehead atoms. The van der Waals surface area contributed by atoms with Gasteiger partial charge in [0, 0.05) is 6.04 Å². The average Bonchev–Trinajstić information content (AvgIpc) is 1.75. The summed E-state index contributed by atoms with van der Waals surface area (Å²) in [6, 6.07) is 0.417. The molecule has 60 valence electrons. The van der Waals surface area contributed by atoms with Gasteiger partial charge in [-0.1, -0.05) is 32.1 Å². The first-order valence-electron chi connectivity index (χ1n) is 4.54. The van der Waals surface area contributed by atoms with Gasteiger partial charge in [-0.2, -0.15) is 0 Å². The number of hydrogen-bond donors (Lipinski definition) is 1. The van der Waals surface area contributed by atoms with Crippen LogP contribution in [0.15, 0.2) is 0 Å². The molecular weight excluding hydrogens is 122 g/mol. The second-order valence-electron chi connectivity index (χ2n) is 3.71. The molecule has 0 spiro atoms. The van der Waals surface area contributed by atoms with Crippen LogP contribution in [0.2, 0.25) is 0 Å². The first-order chi connectivity index (χ1) is 4.79. The SMILES string of the molecule is CC(N)CCCC1CCC1. The second-order valence-corrected chi connectivity index (χ2v) is 3.71. The zero-order chi connectivity index (χ0) is 7.40. The fraction of sp³-hybridized carbons (Fsp3) is 1.00. The second kappa shape index (κ2) is 3.97. The van der Waals surface area contributed by atoms with Crippen molar-refractivity contribution in [3.8, 4) is 0 Å². The molecule has 2 N–H and O–H groups in total. The minimum absolute atomic E-state index is 0.417. The largest absolute Gasteiger partial charge is 0.328 e. The number of hydrogen-bond acceptors (Lipinski definition) is 1. The van der Waals surface area contributed by atoms with E-state index < -0.39 is 0 Å². The first-order valence-corrected chi connectivity index (χ1v) is 4.54. The van der Waals surface area contributed by atoms with Crippen LogP contribution in [0.1, 0.15) is 45.4 Å². The van der Waals surface area contributed by atoms with Gasteiger partial charge < -0.3 is 5.73 Å². The van der Waals surface area contributed by atoms with Gasteiger partial charge >= 0.3 is 0 Å². The Bertz CT molecular complexity index is 84.7. The third kappa shape index (κ3) is 2.70. The van der Waals surface area contributed by atoms with Crippen molar-refractivity contribution < 1.29 is 0 Å². The zero-order valence-corrected chi connectivity index (χ0v) is 6.97. The van der Waals surface area contributed by atoms with Gasteiger partial charge in [0.25, 0.3) is 0 Å². The molecule has 0 aliphatic heterocycles.